The molecule has 0 aliphatic heterocycles. The number of methoxy groups -OCH3 is 1. The molecular formula is C17H11BrN2O3. The van der Waals surface area contributed by atoms with E-state index in [1.54, 1.807) is 13.2 Å². The van der Waals surface area contributed by atoms with Crippen LogP contribution in [0.5, 0.6) is 5.75 Å². The Morgan fingerprint density at radius 3 is 2.65 bits per heavy atom. The molecule has 0 fully saturated rings. The summed E-state index contributed by atoms with van der Waals surface area (Å²) in [5, 5.41) is 5.18. The summed E-state index contributed by atoms with van der Waals surface area (Å²) in [4.78, 5) is 12.2. The Bertz CT molecular complexity index is 1080. The van der Waals surface area contributed by atoms with Crippen LogP contribution in [0.2, 0.25) is 0 Å². The molecule has 0 radical (unpaired) electrons. The number of nitrogens with zero attached hydrogens (tertiary/aromatic N) is 2. The van der Waals surface area contributed by atoms with Crippen LogP contribution in [0.15, 0.2) is 62.2 Å². The lowest BCUT2D eigenvalue weighted by molar-refractivity contribution is 0.413. The van der Waals surface area contributed by atoms with Crippen molar-refractivity contribution in [3.8, 4) is 17.0 Å². The van der Waals surface area contributed by atoms with E-state index in [9.17, 15) is 4.79 Å². The maximum absolute atomic E-state index is 12.2. The lowest BCUT2D eigenvalue weighted by Gasteiger charge is -2.02. The highest BCUT2D eigenvalue weighted by Crippen LogP contribution is 2.27. The molecule has 0 N–H and O–H groups in total. The van der Waals surface area contributed by atoms with Gasteiger partial charge in [0.25, 0.3) is 0 Å². The van der Waals surface area contributed by atoms with Crippen molar-refractivity contribution in [2.45, 2.75) is 0 Å². The minimum absolute atomic E-state index is 0.476. The van der Waals surface area contributed by atoms with Crippen LogP contribution >= 0.6 is 15.9 Å². The zero-order valence-corrected chi connectivity index (χ0v) is 13.7. The molecular weight excluding hydrogens is 360 g/mol. The van der Waals surface area contributed by atoms with Gasteiger partial charge in [-0.25, -0.2) is 4.79 Å². The molecule has 5 nitrogen and oxygen atoms in total. The van der Waals surface area contributed by atoms with Crippen molar-refractivity contribution in [2.24, 2.45) is 0 Å². The first-order valence-corrected chi connectivity index (χ1v) is 7.71. The van der Waals surface area contributed by atoms with Crippen molar-refractivity contribution in [1.82, 2.24) is 9.61 Å². The van der Waals surface area contributed by atoms with Gasteiger partial charge in [-0.2, -0.15) is 9.61 Å². The van der Waals surface area contributed by atoms with Crippen LogP contribution in [0.4, 0.5) is 0 Å². The number of hydrogen-bond donors (Lipinski definition) is 0. The molecule has 6 heteroatoms. The van der Waals surface area contributed by atoms with Crippen LogP contribution in [0.1, 0.15) is 0 Å². The lowest BCUT2D eigenvalue weighted by atomic mass is 10.1. The van der Waals surface area contributed by atoms with Gasteiger partial charge in [-0.3, -0.25) is 0 Å². The van der Waals surface area contributed by atoms with E-state index in [0.29, 0.717) is 22.5 Å². The molecule has 0 aliphatic rings. The van der Waals surface area contributed by atoms with Crippen LogP contribution in [-0.4, -0.2) is 16.7 Å². The summed E-state index contributed by atoms with van der Waals surface area (Å²) in [7, 11) is 1.57. The summed E-state index contributed by atoms with van der Waals surface area (Å²) in [6.45, 7) is 0. The third kappa shape index (κ3) is 2.31. The number of benzene rings is 2. The van der Waals surface area contributed by atoms with E-state index in [4.69, 9.17) is 9.15 Å². The summed E-state index contributed by atoms with van der Waals surface area (Å²) in [6.07, 6.45) is 0. The molecule has 2 aromatic carbocycles. The highest BCUT2D eigenvalue weighted by Gasteiger charge is 2.12. The zero-order chi connectivity index (χ0) is 16.0. The highest BCUT2D eigenvalue weighted by molar-refractivity contribution is 9.10. The van der Waals surface area contributed by atoms with Gasteiger partial charge < -0.3 is 9.15 Å². The Kier molecular flexibility index (Phi) is 3.20. The lowest BCUT2D eigenvalue weighted by Crippen LogP contribution is -2.12. The molecule has 2 aromatic heterocycles. The number of halogens is 1. The zero-order valence-electron chi connectivity index (χ0n) is 12.1. The number of hydrogen-bond acceptors (Lipinski definition) is 4. The van der Waals surface area contributed by atoms with Crippen LogP contribution in [0, 0.1) is 0 Å². The number of rotatable bonds is 2. The fraction of sp³-hybridized carbons (Fsp3) is 0.0588. The van der Waals surface area contributed by atoms with Gasteiger partial charge in [0.15, 0.2) is 0 Å². The monoisotopic (exact) mass is 370 g/mol. The molecule has 0 bridgehead atoms. The molecule has 0 aliphatic carbocycles. The Labute approximate surface area is 139 Å². The summed E-state index contributed by atoms with van der Waals surface area (Å²) < 4.78 is 12.8. The first-order valence-electron chi connectivity index (χ1n) is 6.92. The third-order valence-corrected chi connectivity index (χ3v) is 4.21. The second-order valence-electron chi connectivity index (χ2n) is 5.06. The molecule has 4 rings (SSSR count). The van der Waals surface area contributed by atoms with E-state index in [0.717, 1.165) is 15.4 Å². The molecule has 0 atom stereocenters. The topological polar surface area (TPSA) is 56.7 Å². The van der Waals surface area contributed by atoms with Crippen LogP contribution in [0.25, 0.3) is 27.7 Å². The predicted molar refractivity (Wildman–Crippen MR) is 90.9 cm³/mol. The smallest absolute Gasteiger partial charge is 0.440 e. The Morgan fingerprint density at radius 1 is 1.13 bits per heavy atom. The Hall–Kier alpha value is -2.60. The van der Waals surface area contributed by atoms with Gasteiger partial charge in [-0.05, 0) is 30.3 Å². The Balaban J connectivity index is 2.00. The molecule has 0 spiro atoms. The van der Waals surface area contributed by atoms with Gasteiger partial charge >= 0.3 is 5.76 Å². The van der Waals surface area contributed by atoms with Gasteiger partial charge in [0, 0.05) is 21.5 Å². The minimum atomic E-state index is -0.524. The number of fused-ring (bicyclic) bond motifs is 3. The summed E-state index contributed by atoms with van der Waals surface area (Å²) >= 11 is 3.41. The van der Waals surface area contributed by atoms with E-state index in [1.165, 1.54) is 4.52 Å². The first kappa shape index (κ1) is 14.0. The van der Waals surface area contributed by atoms with Gasteiger partial charge in [-0.1, -0.05) is 28.1 Å². The summed E-state index contributed by atoms with van der Waals surface area (Å²) in [5.41, 5.74) is 2.83. The quantitative estimate of drug-likeness (QED) is 0.537. The molecule has 0 saturated carbocycles. The number of ether oxygens (including phenoxy) is 1. The van der Waals surface area contributed by atoms with Gasteiger partial charge in [0.2, 0.25) is 0 Å². The van der Waals surface area contributed by atoms with Crippen molar-refractivity contribution >= 4 is 32.4 Å². The SMILES string of the molecule is COc1ccc2c(c1)oc(=O)n1nc(-c3ccc(Br)cc3)cc21. The van der Waals surface area contributed by atoms with Gasteiger partial charge in [0.05, 0.1) is 18.3 Å². The van der Waals surface area contributed by atoms with Crippen molar-refractivity contribution in [3.63, 3.8) is 0 Å². The molecule has 0 saturated heterocycles. The fourth-order valence-electron chi connectivity index (χ4n) is 2.54. The maximum Gasteiger partial charge on any atom is 0.440 e. The summed E-state index contributed by atoms with van der Waals surface area (Å²) in [5.74, 6) is 0.113. The van der Waals surface area contributed by atoms with Crippen LogP contribution < -0.4 is 10.5 Å². The largest absolute Gasteiger partial charge is 0.497 e. The molecule has 23 heavy (non-hydrogen) atoms. The number of aromatic nitrogens is 2. The molecule has 114 valence electrons. The van der Waals surface area contributed by atoms with Crippen molar-refractivity contribution in [2.75, 3.05) is 7.11 Å². The highest BCUT2D eigenvalue weighted by atomic mass is 79.9. The van der Waals surface area contributed by atoms with Crippen molar-refractivity contribution in [1.29, 1.82) is 0 Å². The maximum atomic E-state index is 12.2. The summed E-state index contributed by atoms with van der Waals surface area (Å²) in [6, 6.07) is 15.0. The van der Waals surface area contributed by atoms with Gasteiger partial charge in [0.1, 0.15) is 11.3 Å². The average Bonchev–Trinajstić information content (AvgIpc) is 3.01. The molecule has 0 amide bonds. The van der Waals surface area contributed by atoms with E-state index in [1.807, 2.05) is 42.5 Å². The van der Waals surface area contributed by atoms with E-state index in [2.05, 4.69) is 21.0 Å². The van der Waals surface area contributed by atoms with Crippen LogP contribution in [-0.2, 0) is 0 Å². The third-order valence-electron chi connectivity index (χ3n) is 3.68. The normalized spacial score (nSPS) is 11.2. The second kappa shape index (κ2) is 5.24. The second-order valence-corrected chi connectivity index (χ2v) is 5.98. The predicted octanol–water partition coefficient (Wildman–Crippen LogP) is 3.88. The van der Waals surface area contributed by atoms with Crippen molar-refractivity contribution < 1.29 is 9.15 Å². The van der Waals surface area contributed by atoms with Crippen molar-refractivity contribution in [3.05, 3.63) is 63.6 Å². The van der Waals surface area contributed by atoms with E-state index >= 15 is 0 Å². The van der Waals surface area contributed by atoms with Crippen LogP contribution in [0.3, 0.4) is 0 Å². The Morgan fingerprint density at radius 2 is 1.91 bits per heavy atom. The fourth-order valence-corrected chi connectivity index (χ4v) is 2.80. The minimum Gasteiger partial charge on any atom is -0.497 e. The molecule has 0 unspecified atom stereocenters. The average molecular weight is 371 g/mol. The van der Waals surface area contributed by atoms with E-state index < -0.39 is 5.76 Å². The molecule has 2 heterocycles. The first-order chi connectivity index (χ1) is 11.2. The van der Waals surface area contributed by atoms with E-state index in [-0.39, 0.29) is 0 Å². The molecule has 4 aromatic rings. The standard InChI is InChI=1S/C17H11BrN2O3/c1-22-12-6-7-13-15-9-14(10-2-4-11(18)5-3-10)19-20(15)17(21)23-16(13)8-12/h2-9H,1H3. The van der Waals surface area contributed by atoms with Gasteiger partial charge in [-0.15, -0.1) is 0 Å².